The van der Waals surface area contributed by atoms with E-state index in [-0.39, 0.29) is 24.2 Å². The number of piperidine rings is 1. The molecule has 0 bridgehead atoms. The van der Waals surface area contributed by atoms with Crippen LogP contribution in [-0.4, -0.2) is 47.1 Å². The van der Waals surface area contributed by atoms with Gasteiger partial charge in [-0.1, -0.05) is 0 Å². The highest BCUT2D eigenvalue weighted by Crippen LogP contribution is 2.33. The molecule has 5 heteroatoms. The number of likely N-dealkylation sites (tertiary alicyclic amines) is 1. The monoisotopic (exact) mass is 303 g/mol. The molecule has 1 aromatic heterocycles. The first kappa shape index (κ1) is 15.4. The van der Waals surface area contributed by atoms with Crippen LogP contribution in [0.4, 0.5) is 0 Å². The zero-order chi connectivity index (χ0) is 15.5. The second-order valence-electron chi connectivity index (χ2n) is 6.70. The Kier molecular flexibility index (Phi) is 4.74. The van der Waals surface area contributed by atoms with E-state index in [1.165, 1.54) is 5.56 Å². The van der Waals surface area contributed by atoms with Crippen molar-refractivity contribution in [3.63, 3.8) is 0 Å². The highest BCUT2D eigenvalue weighted by atomic mass is 16.5. The van der Waals surface area contributed by atoms with Gasteiger partial charge in [-0.05, 0) is 56.8 Å². The molecule has 1 amide bonds. The molecule has 2 fully saturated rings. The number of ether oxygens (including phenoxy) is 1. The highest BCUT2D eigenvalue weighted by Gasteiger charge is 2.41. The molecule has 5 nitrogen and oxygen atoms in total. The van der Waals surface area contributed by atoms with Gasteiger partial charge in [-0.2, -0.15) is 0 Å². The summed E-state index contributed by atoms with van der Waals surface area (Å²) in [4.78, 5) is 18.6. The molecule has 3 atom stereocenters. The number of hydrogen-bond donors (Lipinski definition) is 1. The Morgan fingerprint density at radius 3 is 2.95 bits per heavy atom. The maximum absolute atomic E-state index is 12.1. The van der Waals surface area contributed by atoms with Crippen molar-refractivity contribution in [3.05, 3.63) is 30.1 Å². The van der Waals surface area contributed by atoms with Gasteiger partial charge in [0.15, 0.2) is 0 Å². The summed E-state index contributed by atoms with van der Waals surface area (Å²) in [5, 5.41) is 2.96. The largest absolute Gasteiger partial charge is 0.364 e. The van der Waals surface area contributed by atoms with Crippen LogP contribution in [0, 0.1) is 5.92 Å². The average Bonchev–Trinajstić information content (AvgIpc) is 2.91. The summed E-state index contributed by atoms with van der Waals surface area (Å²) in [7, 11) is 0. The SMILES string of the molecule is CC(C)NC(=O)[C@H]1C[C@@H]2CCN(Cc3ccncc3)C[C@H]2O1. The van der Waals surface area contributed by atoms with Crippen molar-refractivity contribution in [1.29, 1.82) is 0 Å². The molecule has 1 N–H and O–H groups in total. The number of carbonyl (C=O) groups is 1. The van der Waals surface area contributed by atoms with E-state index in [1.54, 1.807) is 0 Å². The van der Waals surface area contributed by atoms with E-state index < -0.39 is 0 Å². The van der Waals surface area contributed by atoms with Gasteiger partial charge >= 0.3 is 0 Å². The predicted octanol–water partition coefficient (Wildman–Crippen LogP) is 1.59. The van der Waals surface area contributed by atoms with E-state index in [0.717, 1.165) is 32.5 Å². The van der Waals surface area contributed by atoms with Crippen LogP contribution < -0.4 is 5.32 Å². The van der Waals surface area contributed by atoms with E-state index in [4.69, 9.17) is 4.74 Å². The molecule has 2 saturated heterocycles. The van der Waals surface area contributed by atoms with E-state index in [0.29, 0.717) is 5.92 Å². The van der Waals surface area contributed by atoms with Gasteiger partial charge in [0.25, 0.3) is 0 Å². The minimum absolute atomic E-state index is 0.0464. The van der Waals surface area contributed by atoms with E-state index in [2.05, 4.69) is 27.3 Å². The Hall–Kier alpha value is -1.46. The molecule has 0 aromatic carbocycles. The fourth-order valence-corrected chi connectivity index (χ4v) is 3.43. The topological polar surface area (TPSA) is 54.5 Å². The van der Waals surface area contributed by atoms with Crippen molar-refractivity contribution in [1.82, 2.24) is 15.2 Å². The molecule has 0 aliphatic carbocycles. The summed E-state index contributed by atoms with van der Waals surface area (Å²) in [5.74, 6) is 0.571. The van der Waals surface area contributed by atoms with Crippen molar-refractivity contribution in [2.75, 3.05) is 13.1 Å². The summed E-state index contributed by atoms with van der Waals surface area (Å²) < 4.78 is 6.03. The molecule has 3 rings (SSSR count). The maximum atomic E-state index is 12.1. The van der Waals surface area contributed by atoms with Crippen molar-refractivity contribution in [3.8, 4) is 0 Å². The molecular weight excluding hydrogens is 278 g/mol. The number of aromatic nitrogens is 1. The number of nitrogens with one attached hydrogen (secondary N) is 1. The summed E-state index contributed by atoms with van der Waals surface area (Å²) in [5.41, 5.74) is 1.28. The van der Waals surface area contributed by atoms with Gasteiger partial charge in [-0.3, -0.25) is 14.7 Å². The van der Waals surface area contributed by atoms with Crippen LogP contribution in [0.5, 0.6) is 0 Å². The lowest BCUT2D eigenvalue weighted by atomic mass is 9.91. The molecule has 0 unspecified atom stereocenters. The van der Waals surface area contributed by atoms with E-state index >= 15 is 0 Å². The second kappa shape index (κ2) is 6.75. The van der Waals surface area contributed by atoms with Gasteiger partial charge in [-0.25, -0.2) is 0 Å². The normalized spacial score (nSPS) is 28.6. The van der Waals surface area contributed by atoms with Crippen LogP contribution in [-0.2, 0) is 16.1 Å². The van der Waals surface area contributed by atoms with Crippen LogP contribution in [0.1, 0.15) is 32.3 Å². The number of carbonyl (C=O) groups excluding carboxylic acids is 1. The predicted molar refractivity (Wildman–Crippen MR) is 84.2 cm³/mol. The van der Waals surface area contributed by atoms with Gasteiger partial charge in [-0.15, -0.1) is 0 Å². The molecule has 2 aliphatic heterocycles. The fourth-order valence-electron chi connectivity index (χ4n) is 3.43. The third kappa shape index (κ3) is 3.65. The average molecular weight is 303 g/mol. The number of amides is 1. The van der Waals surface area contributed by atoms with Gasteiger partial charge in [0.1, 0.15) is 6.10 Å². The van der Waals surface area contributed by atoms with Crippen LogP contribution >= 0.6 is 0 Å². The van der Waals surface area contributed by atoms with Gasteiger partial charge in [0.05, 0.1) is 6.10 Å². The summed E-state index contributed by atoms with van der Waals surface area (Å²) in [6.07, 6.45) is 5.57. The maximum Gasteiger partial charge on any atom is 0.249 e. The quantitative estimate of drug-likeness (QED) is 0.918. The highest BCUT2D eigenvalue weighted by molar-refractivity contribution is 5.81. The second-order valence-corrected chi connectivity index (χ2v) is 6.70. The van der Waals surface area contributed by atoms with Gasteiger partial charge in [0.2, 0.25) is 5.91 Å². The molecule has 0 saturated carbocycles. The van der Waals surface area contributed by atoms with Crippen molar-refractivity contribution in [2.24, 2.45) is 5.92 Å². The molecule has 120 valence electrons. The smallest absolute Gasteiger partial charge is 0.249 e. The third-order valence-electron chi connectivity index (χ3n) is 4.51. The standard InChI is InChI=1S/C17H25N3O2/c1-12(2)19-17(21)15-9-14-5-8-20(11-16(14)22-15)10-13-3-6-18-7-4-13/h3-4,6-7,12,14-16H,5,8-11H2,1-2H3,(H,19,21)/t14-,15+,16+/m0/s1. The Balaban J connectivity index is 1.54. The minimum Gasteiger partial charge on any atom is -0.364 e. The zero-order valence-corrected chi connectivity index (χ0v) is 13.4. The van der Waals surface area contributed by atoms with Crippen LogP contribution in [0.25, 0.3) is 0 Å². The molecule has 22 heavy (non-hydrogen) atoms. The Bertz CT molecular complexity index is 506. The third-order valence-corrected chi connectivity index (χ3v) is 4.51. The lowest BCUT2D eigenvalue weighted by Gasteiger charge is -2.34. The molecule has 2 aliphatic rings. The van der Waals surface area contributed by atoms with E-state index in [9.17, 15) is 4.79 Å². The van der Waals surface area contributed by atoms with E-state index in [1.807, 2.05) is 26.2 Å². The van der Waals surface area contributed by atoms with Gasteiger partial charge < -0.3 is 10.1 Å². The number of fused-ring (bicyclic) bond motifs is 1. The van der Waals surface area contributed by atoms with Crippen LogP contribution in [0.2, 0.25) is 0 Å². The van der Waals surface area contributed by atoms with Crippen molar-refractivity contribution < 1.29 is 9.53 Å². The fraction of sp³-hybridized carbons (Fsp3) is 0.647. The Morgan fingerprint density at radius 2 is 2.23 bits per heavy atom. The summed E-state index contributed by atoms with van der Waals surface area (Å²) in [6, 6.07) is 4.28. The van der Waals surface area contributed by atoms with Crippen molar-refractivity contribution in [2.45, 2.75) is 51.5 Å². The summed E-state index contributed by atoms with van der Waals surface area (Å²) >= 11 is 0. The number of nitrogens with zero attached hydrogens (tertiary/aromatic N) is 2. The Labute approximate surface area is 132 Å². The lowest BCUT2D eigenvalue weighted by molar-refractivity contribution is -0.133. The molecule has 3 heterocycles. The minimum atomic E-state index is -0.265. The van der Waals surface area contributed by atoms with Crippen LogP contribution in [0.15, 0.2) is 24.5 Å². The van der Waals surface area contributed by atoms with Crippen molar-refractivity contribution >= 4 is 5.91 Å². The zero-order valence-electron chi connectivity index (χ0n) is 13.4. The van der Waals surface area contributed by atoms with Gasteiger partial charge in [0, 0.05) is 31.5 Å². The van der Waals surface area contributed by atoms with Crippen LogP contribution in [0.3, 0.4) is 0 Å². The Morgan fingerprint density at radius 1 is 1.45 bits per heavy atom. The first-order valence-corrected chi connectivity index (χ1v) is 8.19. The molecule has 0 spiro atoms. The molecule has 0 radical (unpaired) electrons. The number of rotatable bonds is 4. The molecule has 1 aromatic rings. The first-order chi connectivity index (χ1) is 10.6. The summed E-state index contributed by atoms with van der Waals surface area (Å²) in [6.45, 7) is 6.88. The lowest BCUT2D eigenvalue weighted by Crippen LogP contribution is -2.42. The first-order valence-electron chi connectivity index (χ1n) is 8.19. The number of hydrogen-bond acceptors (Lipinski definition) is 4. The molecular formula is C17H25N3O2. The number of pyridine rings is 1.